The second-order valence-electron chi connectivity index (χ2n) is 4.03. The standard InChI is InChI=1S/C11H13N3OS/c1-7-11(2,13-14-16-7)10(15)8-4-3-5-9(12)6-8/h3-7H,12H2,1-2H3. The zero-order valence-electron chi connectivity index (χ0n) is 9.18. The fraction of sp³-hybridized carbons (Fsp3) is 0.364. The van der Waals surface area contributed by atoms with Crippen LogP contribution in [0.2, 0.25) is 0 Å². The minimum atomic E-state index is -0.765. The first-order valence-corrected chi connectivity index (χ1v) is 5.86. The van der Waals surface area contributed by atoms with Crippen LogP contribution in [-0.2, 0) is 0 Å². The van der Waals surface area contributed by atoms with E-state index in [1.165, 1.54) is 11.9 Å². The van der Waals surface area contributed by atoms with Crippen molar-refractivity contribution in [1.82, 2.24) is 0 Å². The Hall–Kier alpha value is -1.36. The number of hydrogen-bond acceptors (Lipinski definition) is 5. The Bertz CT molecular complexity index is 460. The van der Waals surface area contributed by atoms with E-state index in [1.807, 2.05) is 13.8 Å². The summed E-state index contributed by atoms with van der Waals surface area (Å²) < 4.78 is 3.88. The van der Waals surface area contributed by atoms with E-state index in [4.69, 9.17) is 5.73 Å². The van der Waals surface area contributed by atoms with Gasteiger partial charge in [0, 0.05) is 23.2 Å². The molecule has 4 nitrogen and oxygen atoms in total. The Morgan fingerprint density at radius 2 is 2.31 bits per heavy atom. The van der Waals surface area contributed by atoms with Gasteiger partial charge in [-0.2, -0.15) is 5.11 Å². The van der Waals surface area contributed by atoms with Gasteiger partial charge in [0.15, 0.2) is 11.3 Å². The fourth-order valence-electron chi connectivity index (χ4n) is 1.57. The summed E-state index contributed by atoms with van der Waals surface area (Å²) in [4.78, 5) is 12.3. The number of nitrogens with two attached hydrogens (primary N) is 1. The summed E-state index contributed by atoms with van der Waals surface area (Å²) in [6.07, 6.45) is 0. The van der Waals surface area contributed by atoms with Gasteiger partial charge in [-0.05, 0) is 26.0 Å². The van der Waals surface area contributed by atoms with Crippen LogP contribution in [0.15, 0.2) is 33.9 Å². The Morgan fingerprint density at radius 1 is 1.56 bits per heavy atom. The number of carbonyl (C=O) groups excluding carboxylic acids is 1. The van der Waals surface area contributed by atoms with Crippen molar-refractivity contribution < 1.29 is 4.79 Å². The monoisotopic (exact) mass is 235 g/mol. The van der Waals surface area contributed by atoms with Crippen molar-refractivity contribution in [3.8, 4) is 0 Å². The third-order valence-corrected chi connectivity index (χ3v) is 3.81. The third kappa shape index (κ3) is 1.71. The van der Waals surface area contributed by atoms with E-state index < -0.39 is 5.54 Å². The van der Waals surface area contributed by atoms with Gasteiger partial charge in [0.25, 0.3) is 0 Å². The zero-order chi connectivity index (χ0) is 11.8. The molecule has 2 N–H and O–H groups in total. The highest BCUT2D eigenvalue weighted by molar-refractivity contribution is 7.98. The number of hydrogen-bond donors (Lipinski definition) is 1. The molecule has 0 aliphatic carbocycles. The quantitative estimate of drug-likeness (QED) is 0.487. The van der Waals surface area contributed by atoms with E-state index in [0.29, 0.717) is 11.3 Å². The number of nitrogens with zero attached hydrogens (tertiary/aromatic N) is 2. The molecule has 0 bridgehead atoms. The van der Waals surface area contributed by atoms with Crippen molar-refractivity contribution in [2.45, 2.75) is 24.6 Å². The highest BCUT2D eigenvalue weighted by Crippen LogP contribution is 2.37. The summed E-state index contributed by atoms with van der Waals surface area (Å²) in [7, 11) is 0. The van der Waals surface area contributed by atoms with Crippen LogP contribution in [0.4, 0.5) is 5.69 Å². The lowest BCUT2D eigenvalue weighted by Gasteiger charge is -2.21. The van der Waals surface area contributed by atoms with Crippen LogP contribution in [0.1, 0.15) is 24.2 Å². The van der Waals surface area contributed by atoms with Gasteiger partial charge in [-0.15, -0.1) is 4.52 Å². The molecule has 2 rings (SSSR count). The summed E-state index contributed by atoms with van der Waals surface area (Å²) in [5, 5.41) is 4.11. The van der Waals surface area contributed by atoms with E-state index in [2.05, 4.69) is 9.63 Å². The van der Waals surface area contributed by atoms with E-state index >= 15 is 0 Å². The zero-order valence-corrected chi connectivity index (χ0v) is 9.99. The molecular weight excluding hydrogens is 222 g/mol. The predicted octanol–water partition coefficient (Wildman–Crippen LogP) is 2.71. The number of carbonyl (C=O) groups is 1. The molecular formula is C11H13N3OS. The summed E-state index contributed by atoms with van der Waals surface area (Å²) >= 11 is 1.34. The van der Waals surface area contributed by atoms with Gasteiger partial charge in [-0.3, -0.25) is 4.79 Å². The summed E-state index contributed by atoms with van der Waals surface area (Å²) in [6.45, 7) is 3.77. The second kappa shape index (κ2) is 3.90. The van der Waals surface area contributed by atoms with E-state index in [-0.39, 0.29) is 11.0 Å². The Kier molecular flexibility index (Phi) is 2.71. The van der Waals surface area contributed by atoms with Crippen LogP contribution in [0.5, 0.6) is 0 Å². The normalized spacial score (nSPS) is 28.2. The molecule has 1 aliphatic rings. The van der Waals surface area contributed by atoms with E-state index in [9.17, 15) is 4.79 Å². The maximum atomic E-state index is 12.3. The highest BCUT2D eigenvalue weighted by Gasteiger charge is 2.43. The molecule has 1 heterocycles. The third-order valence-electron chi connectivity index (χ3n) is 2.85. The lowest BCUT2D eigenvalue weighted by molar-refractivity contribution is 0.0903. The molecule has 2 unspecified atom stereocenters. The first kappa shape index (κ1) is 11.1. The van der Waals surface area contributed by atoms with Crippen molar-refractivity contribution in [3.63, 3.8) is 0 Å². The van der Waals surface area contributed by atoms with Gasteiger partial charge in [0.05, 0.1) is 5.25 Å². The number of Topliss-reactive ketones (excluding diaryl/α,β-unsaturated/α-hetero) is 1. The summed E-state index contributed by atoms with van der Waals surface area (Å²) in [6, 6.07) is 6.97. The van der Waals surface area contributed by atoms with Crippen LogP contribution in [0.3, 0.4) is 0 Å². The molecule has 0 amide bonds. The number of ketones is 1. The largest absolute Gasteiger partial charge is 0.399 e. The molecule has 2 atom stereocenters. The first-order chi connectivity index (χ1) is 7.54. The van der Waals surface area contributed by atoms with Gasteiger partial charge >= 0.3 is 0 Å². The van der Waals surface area contributed by atoms with Crippen LogP contribution in [0.25, 0.3) is 0 Å². The average Bonchev–Trinajstić information content (AvgIpc) is 2.59. The van der Waals surface area contributed by atoms with Crippen molar-refractivity contribution in [3.05, 3.63) is 29.8 Å². The van der Waals surface area contributed by atoms with Gasteiger partial charge in [-0.1, -0.05) is 12.1 Å². The van der Waals surface area contributed by atoms with Gasteiger partial charge in [0.2, 0.25) is 0 Å². The molecule has 0 saturated heterocycles. The molecule has 1 aromatic carbocycles. The molecule has 84 valence electrons. The van der Waals surface area contributed by atoms with Crippen molar-refractivity contribution >= 4 is 23.4 Å². The Balaban J connectivity index is 2.36. The van der Waals surface area contributed by atoms with Crippen LogP contribution in [0, 0.1) is 0 Å². The molecule has 0 saturated carbocycles. The molecule has 0 aromatic heterocycles. The maximum Gasteiger partial charge on any atom is 0.193 e. The topological polar surface area (TPSA) is 67.8 Å². The average molecular weight is 235 g/mol. The van der Waals surface area contributed by atoms with E-state index in [1.54, 1.807) is 24.3 Å². The van der Waals surface area contributed by atoms with Crippen molar-refractivity contribution in [2.75, 3.05) is 5.73 Å². The lowest BCUT2D eigenvalue weighted by Crippen LogP contribution is -2.39. The van der Waals surface area contributed by atoms with Crippen LogP contribution in [-0.4, -0.2) is 16.6 Å². The molecule has 0 radical (unpaired) electrons. The molecule has 5 heteroatoms. The molecule has 1 aliphatic heterocycles. The number of nitrogen functional groups attached to an aromatic ring is 1. The molecule has 0 fully saturated rings. The Morgan fingerprint density at radius 3 is 2.88 bits per heavy atom. The van der Waals surface area contributed by atoms with Crippen molar-refractivity contribution in [2.24, 2.45) is 9.63 Å². The Labute approximate surface area is 98.5 Å². The number of benzene rings is 1. The van der Waals surface area contributed by atoms with Crippen molar-refractivity contribution in [1.29, 1.82) is 0 Å². The van der Waals surface area contributed by atoms with Crippen LogP contribution >= 0.6 is 11.9 Å². The van der Waals surface area contributed by atoms with Gasteiger partial charge < -0.3 is 5.73 Å². The SMILES string of the molecule is CC1SN=NC1(C)C(=O)c1cccc(N)c1. The smallest absolute Gasteiger partial charge is 0.193 e. The highest BCUT2D eigenvalue weighted by atomic mass is 32.2. The molecule has 1 aromatic rings. The summed E-state index contributed by atoms with van der Waals surface area (Å²) in [5.41, 5.74) is 6.08. The minimum Gasteiger partial charge on any atom is -0.399 e. The second-order valence-corrected chi connectivity index (χ2v) is 5.11. The van der Waals surface area contributed by atoms with Gasteiger partial charge in [0.1, 0.15) is 0 Å². The van der Waals surface area contributed by atoms with Crippen LogP contribution < -0.4 is 5.73 Å². The molecule has 16 heavy (non-hydrogen) atoms. The fourth-order valence-corrected chi connectivity index (χ4v) is 2.28. The minimum absolute atomic E-state index is 0.0268. The molecule has 0 spiro atoms. The predicted molar refractivity (Wildman–Crippen MR) is 65.5 cm³/mol. The lowest BCUT2D eigenvalue weighted by atomic mass is 9.89. The van der Waals surface area contributed by atoms with E-state index in [0.717, 1.165) is 0 Å². The first-order valence-electron chi connectivity index (χ1n) is 5.02. The maximum absolute atomic E-state index is 12.3. The number of anilines is 1. The number of rotatable bonds is 2. The summed E-state index contributed by atoms with van der Waals surface area (Å²) in [5.74, 6) is -0.0268. The van der Waals surface area contributed by atoms with Gasteiger partial charge in [-0.25, -0.2) is 0 Å².